The minimum Gasteiger partial charge on any atom is -0.510 e. The van der Waals surface area contributed by atoms with Gasteiger partial charge < -0.3 is 14.2 Å². The predicted molar refractivity (Wildman–Crippen MR) is 328 cm³/mol. The molecule has 2 aliphatic rings. The molecular formula is C71H50N9O3Pt2RhS+2. The van der Waals surface area contributed by atoms with Crippen LogP contribution < -0.4 is 4.90 Å². The molecule has 87 heavy (non-hydrogen) atoms. The van der Waals surface area contributed by atoms with Gasteiger partial charge in [0.05, 0.1) is 34.6 Å². The third kappa shape index (κ3) is 14.8. The van der Waals surface area contributed by atoms with Crippen LogP contribution >= 0.6 is 0 Å². The number of anilines is 1. The molecule has 13 aromatic rings. The van der Waals surface area contributed by atoms with Gasteiger partial charge in [0.25, 0.3) is 0 Å². The molecular weight excluding hydrogens is 1550 g/mol. The van der Waals surface area contributed by atoms with Gasteiger partial charge in [-0.1, -0.05) is 156 Å². The minimum absolute atomic E-state index is 0. The molecule has 2 aliphatic heterocycles. The van der Waals surface area contributed by atoms with Gasteiger partial charge in [0.15, 0.2) is 0 Å². The maximum atomic E-state index is 12.9. The number of sulfone groups is 1. The zero-order chi connectivity index (χ0) is 57.1. The molecule has 16 heteroatoms. The summed E-state index contributed by atoms with van der Waals surface area (Å²) in [6, 6.07) is 91.6. The second-order valence-electron chi connectivity index (χ2n) is 19.2. The fourth-order valence-electron chi connectivity index (χ4n) is 9.41. The summed E-state index contributed by atoms with van der Waals surface area (Å²) in [6.45, 7) is 1.96. The molecule has 0 saturated carbocycles. The molecule has 0 amide bonds. The molecule has 3 aromatic heterocycles. The predicted octanol–water partition coefficient (Wildman–Crippen LogP) is 15.2. The van der Waals surface area contributed by atoms with Gasteiger partial charge in [0.2, 0.25) is 9.84 Å². The maximum Gasteiger partial charge on any atom is 3.00 e. The van der Waals surface area contributed by atoms with Crippen LogP contribution in [0.25, 0.3) is 89.9 Å². The van der Waals surface area contributed by atoms with Gasteiger partial charge in [-0.3, -0.25) is 4.98 Å². The minimum atomic E-state index is -3.46. The molecule has 0 bridgehead atoms. The van der Waals surface area contributed by atoms with Crippen molar-refractivity contribution in [2.75, 3.05) is 11.9 Å². The summed E-state index contributed by atoms with van der Waals surface area (Å²) in [5, 5.41) is 17.3. The normalized spacial score (nSPS) is 12.0. The van der Waals surface area contributed by atoms with Gasteiger partial charge in [-0.05, 0) is 65.2 Å². The Morgan fingerprint density at radius 1 is 0.506 bits per heavy atom. The monoisotopic (exact) mass is 1600 g/mol. The average molecular weight is 1600 g/mol. The van der Waals surface area contributed by atoms with Crippen molar-refractivity contribution in [3.63, 3.8) is 0 Å². The van der Waals surface area contributed by atoms with E-state index in [1.165, 1.54) is 22.3 Å². The van der Waals surface area contributed by atoms with Crippen molar-refractivity contribution in [2.45, 2.75) is 9.79 Å². The number of hydrogen-bond donors (Lipinski definition) is 0. The van der Waals surface area contributed by atoms with Crippen LogP contribution in [-0.2, 0) is 71.4 Å². The molecule has 0 spiro atoms. The topological polar surface area (TPSA) is 128 Å². The second kappa shape index (κ2) is 29.4. The van der Waals surface area contributed by atoms with Crippen LogP contribution in [0.3, 0.4) is 0 Å². The second-order valence-corrected chi connectivity index (χ2v) is 21.1. The van der Waals surface area contributed by atoms with E-state index in [4.69, 9.17) is 4.42 Å². The third-order valence-corrected chi connectivity index (χ3v) is 15.5. The van der Waals surface area contributed by atoms with Crippen LogP contribution in [0, 0.1) is 30.9 Å². The molecule has 12 nitrogen and oxygen atoms in total. The Hall–Kier alpha value is -9.02. The number of fused-ring (bicyclic) bond motifs is 3. The van der Waals surface area contributed by atoms with Crippen molar-refractivity contribution in [1.29, 1.82) is 0 Å². The Balaban J connectivity index is 0.000000141. The maximum absolute atomic E-state index is 12.9. The van der Waals surface area contributed by atoms with Crippen molar-refractivity contribution < 1.29 is 74.4 Å². The van der Waals surface area contributed by atoms with Gasteiger partial charge in [-0.15, -0.1) is 64.9 Å². The first-order valence-corrected chi connectivity index (χ1v) is 28.3. The van der Waals surface area contributed by atoms with Gasteiger partial charge in [0, 0.05) is 22.3 Å². The molecule has 430 valence electrons. The first-order chi connectivity index (χ1) is 41.3. The number of para-hydroxylation sites is 2. The summed E-state index contributed by atoms with van der Waals surface area (Å²) < 4.78 is 32.6. The van der Waals surface area contributed by atoms with Crippen LogP contribution in [-0.4, -0.2) is 55.3 Å². The molecule has 0 radical (unpaired) electrons. The van der Waals surface area contributed by atoms with Crippen LogP contribution in [0.1, 0.15) is 0 Å². The first kappa shape index (κ1) is 62.5. The largest absolute Gasteiger partial charge is 3.00 e. The number of rotatable bonds is 9. The molecule has 0 N–H and O–H groups in total. The summed E-state index contributed by atoms with van der Waals surface area (Å²) in [6.07, 6.45) is 10.8. The van der Waals surface area contributed by atoms with Crippen molar-refractivity contribution in [3.8, 4) is 89.9 Å². The summed E-state index contributed by atoms with van der Waals surface area (Å²) in [7, 11) is -1.49. The SMILES string of the molecule is CN1C=CN(c2[c-]cc(-c3ccc4c(c3)S(=O)(=O)c3ccccc3-4)cc2)[CH-]1.[Pt+2].[Pt+2].[Rh+3].[c-]1ccccc1-c1ncco1.[c-]1ccccc1-n1cc(-c2ccc(-c3ccccc3)cc2)nn1.[c-]1ccccc1-n1ncc(-c2ccc(-c3ccccc3)cc2)n1. The van der Waals surface area contributed by atoms with E-state index in [1.807, 2.05) is 194 Å². The van der Waals surface area contributed by atoms with Crippen molar-refractivity contribution >= 4 is 15.5 Å². The van der Waals surface area contributed by atoms with E-state index in [9.17, 15) is 8.42 Å². The van der Waals surface area contributed by atoms with Crippen molar-refractivity contribution in [3.05, 3.63) is 311 Å². The van der Waals surface area contributed by atoms with E-state index in [-0.39, 0.29) is 61.6 Å². The number of benzene rings is 10. The van der Waals surface area contributed by atoms with Crippen molar-refractivity contribution in [2.24, 2.45) is 0 Å². The zero-order valence-electron chi connectivity index (χ0n) is 46.3. The zero-order valence-corrected chi connectivity index (χ0v) is 53.3. The van der Waals surface area contributed by atoms with Crippen LogP contribution in [0.15, 0.2) is 294 Å². The van der Waals surface area contributed by atoms with E-state index in [0.29, 0.717) is 15.7 Å². The van der Waals surface area contributed by atoms with Gasteiger partial charge in [-0.25, -0.2) is 13.1 Å². The number of aromatic nitrogens is 7. The molecule has 0 unspecified atom stereocenters. The Bertz CT molecular complexity index is 4260. The third-order valence-electron chi connectivity index (χ3n) is 13.7. The molecule has 5 heterocycles. The summed E-state index contributed by atoms with van der Waals surface area (Å²) in [5.74, 6) is 0.616. The number of nitrogens with zero attached hydrogens (tertiary/aromatic N) is 9. The van der Waals surface area contributed by atoms with E-state index in [1.54, 1.807) is 46.3 Å². The Morgan fingerprint density at radius 3 is 1.66 bits per heavy atom. The van der Waals surface area contributed by atoms with E-state index in [2.05, 4.69) is 123 Å². The molecule has 10 aromatic carbocycles. The first-order valence-electron chi connectivity index (χ1n) is 26.8. The molecule has 0 fully saturated rings. The smallest absolute Gasteiger partial charge is 0.510 e. The van der Waals surface area contributed by atoms with Crippen LogP contribution in [0.4, 0.5) is 5.69 Å². The quantitative estimate of drug-likeness (QED) is 0.102. The van der Waals surface area contributed by atoms with Gasteiger partial charge in [0.1, 0.15) is 17.3 Å². The van der Waals surface area contributed by atoms with E-state index in [0.717, 1.165) is 67.4 Å². The average Bonchev–Trinajstić information content (AvgIpc) is 1.72. The van der Waals surface area contributed by atoms with Crippen molar-refractivity contribution in [1.82, 2.24) is 39.9 Å². The summed E-state index contributed by atoms with van der Waals surface area (Å²) in [4.78, 5) is 10.3. The Labute approximate surface area is 547 Å². The van der Waals surface area contributed by atoms with E-state index >= 15 is 0 Å². The molecule has 15 rings (SSSR count). The molecule has 0 aliphatic carbocycles. The van der Waals surface area contributed by atoms with Crippen LogP contribution in [0.2, 0.25) is 0 Å². The summed E-state index contributed by atoms with van der Waals surface area (Å²) in [5.41, 5.74) is 15.5. The standard InChI is InChI=1S/C22H16N2O2S.2C20H14N3.C9H6NO.2Pt.Rh/c1-23-12-13-24(15-23)18-9-6-16(7-10-18)17-8-11-20-19-4-2-3-5-21(19)27(25,26)22(20)14-17;1-3-7-16(8-4-1)17-11-13-18(14-12-17)20-15-23(22-21-20)19-9-5-2-6-10-19;1-3-7-16(8-4-1)17-11-13-18(14-12-17)20-15-21-23(22-20)19-9-5-2-6-10-19;1-2-4-8(5-3-1)9-10-6-7-11-9;;;/h2-9,11-15H,1H3;2*1-9,11-15H;1-4,6-7H;;;/q-2;3*-1;2*+2;+3. The van der Waals surface area contributed by atoms with Gasteiger partial charge in [-0.2, -0.15) is 88.4 Å². The summed E-state index contributed by atoms with van der Waals surface area (Å²) >= 11 is 0. The molecule has 0 atom stereocenters. The number of hydrogen-bond acceptors (Lipinski definition) is 10. The fourth-order valence-corrected chi connectivity index (χ4v) is 11.1. The Morgan fingerprint density at radius 2 is 1.07 bits per heavy atom. The van der Waals surface area contributed by atoms with Gasteiger partial charge >= 0.3 is 61.6 Å². The van der Waals surface area contributed by atoms with Crippen LogP contribution in [0.5, 0.6) is 0 Å². The number of oxazole rings is 1. The fraction of sp³-hybridized carbons (Fsp3) is 0.0141. The molecule has 0 saturated heterocycles. The Kier molecular flexibility index (Phi) is 21.1. The van der Waals surface area contributed by atoms with E-state index < -0.39 is 9.84 Å².